The van der Waals surface area contributed by atoms with Crippen LogP contribution in [0.15, 0.2) is 30.3 Å². The lowest BCUT2D eigenvalue weighted by Gasteiger charge is -2.17. The number of benzene rings is 1. The fourth-order valence-corrected chi connectivity index (χ4v) is 3.27. The molecule has 0 saturated heterocycles. The van der Waals surface area contributed by atoms with Crippen LogP contribution in [-0.2, 0) is 14.8 Å². The zero-order valence-corrected chi connectivity index (χ0v) is 18.2. The lowest BCUT2D eigenvalue weighted by molar-refractivity contribution is -0.139. The molecule has 0 unspecified atom stereocenters. The second-order valence-corrected chi connectivity index (χ2v) is 8.59. The van der Waals surface area contributed by atoms with E-state index in [1.165, 1.54) is 24.3 Å². The van der Waals surface area contributed by atoms with Crippen molar-refractivity contribution in [2.75, 3.05) is 10.9 Å². The number of hydrogen-bond acceptors (Lipinski definition) is 7. The Hall–Kier alpha value is -2.89. The maximum Gasteiger partial charge on any atom is 0.305 e. The molecule has 2 rings (SSSR count). The number of carboxylic acid groups (broad SMARTS) is 1. The lowest BCUT2D eigenvalue weighted by Crippen LogP contribution is -2.19. The van der Waals surface area contributed by atoms with Crippen molar-refractivity contribution in [2.45, 2.75) is 44.8 Å². The van der Waals surface area contributed by atoms with E-state index in [0.29, 0.717) is 11.1 Å². The first-order valence-corrected chi connectivity index (χ1v) is 11.1. The Bertz CT molecular complexity index is 1190. The Kier molecular flexibility index (Phi) is 6.96. The molecule has 0 spiro atoms. The third kappa shape index (κ3) is 7.66. The summed E-state index contributed by atoms with van der Waals surface area (Å²) >= 11 is 0. The van der Waals surface area contributed by atoms with Crippen molar-refractivity contribution in [2.24, 2.45) is 0 Å². The summed E-state index contributed by atoms with van der Waals surface area (Å²) in [5, 5.41) is 28.7. The fraction of sp³-hybridized carbons (Fsp3) is 0.381. The molecule has 1 aromatic carbocycles. The Balaban J connectivity index is 2.60. The number of carbonyl (C=O) groups is 1. The number of nitrogens with one attached hydrogen (secondary N) is 1. The van der Waals surface area contributed by atoms with E-state index in [1.807, 2.05) is 4.72 Å². The van der Waals surface area contributed by atoms with Crippen LogP contribution in [-0.4, -0.2) is 58.1 Å². The molecule has 1 aromatic heterocycles. The van der Waals surface area contributed by atoms with Crippen molar-refractivity contribution >= 4 is 28.0 Å². The largest absolute Gasteiger partial charge is 0.481 e. The van der Waals surface area contributed by atoms with Gasteiger partial charge in [0.05, 0.1) is 36.2 Å². The first kappa shape index (κ1) is 21.0. The van der Waals surface area contributed by atoms with E-state index in [9.17, 15) is 27.8 Å². The molecule has 2 atom stereocenters. The van der Waals surface area contributed by atoms with Crippen LogP contribution in [0.4, 0.5) is 10.3 Å². The molecule has 0 aliphatic rings. The van der Waals surface area contributed by atoms with Gasteiger partial charge in [-0.15, -0.1) is 0 Å². The van der Waals surface area contributed by atoms with Gasteiger partial charge in [0.1, 0.15) is 5.82 Å². The SMILES string of the molecule is [2H]C([2H])([2H])S(=O)(=O)Nc1nc(-c2ccc(F)cc2)c(/C=C/[C@@H](O)C[C@@H](O)CC(=O)O)c(C(C)C)n1. The predicted octanol–water partition coefficient (Wildman–Crippen LogP) is 2.38. The van der Waals surface area contributed by atoms with Gasteiger partial charge in [-0.2, -0.15) is 0 Å². The van der Waals surface area contributed by atoms with Gasteiger partial charge in [0.2, 0.25) is 16.0 Å². The molecule has 2 aromatic rings. The highest BCUT2D eigenvalue weighted by Crippen LogP contribution is 2.30. The van der Waals surface area contributed by atoms with Crippen LogP contribution in [0.25, 0.3) is 17.3 Å². The summed E-state index contributed by atoms with van der Waals surface area (Å²) in [5.41, 5.74) is 1.10. The number of nitrogens with zero attached hydrogens (tertiary/aromatic N) is 2. The fourth-order valence-electron chi connectivity index (χ4n) is 2.93. The molecule has 4 N–H and O–H groups in total. The van der Waals surface area contributed by atoms with Gasteiger partial charge in [-0.05, 0) is 30.2 Å². The number of sulfonamides is 1. The normalized spacial score (nSPS) is 15.8. The Morgan fingerprint density at radius 3 is 2.47 bits per heavy atom. The van der Waals surface area contributed by atoms with Crippen LogP contribution in [0, 0.1) is 5.82 Å². The number of carboxylic acids is 1. The highest BCUT2D eigenvalue weighted by molar-refractivity contribution is 7.91. The second kappa shape index (κ2) is 10.6. The Morgan fingerprint density at radius 1 is 1.25 bits per heavy atom. The minimum Gasteiger partial charge on any atom is -0.481 e. The van der Waals surface area contributed by atoms with Crippen molar-refractivity contribution in [3.63, 3.8) is 0 Å². The van der Waals surface area contributed by atoms with Gasteiger partial charge in [-0.3, -0.25) is 9.52 Å². The van der Waals surface area contributed by atoms with E-state index in [4.69, 9.17) is 9.22 Å². The molecular formula is C21H26FN3O6S. The Morgan fingerprint density at radius 2 is 1.91 bits per heavy atom. The number of aliphatic hydroxyl groups excluding tert-OH is 2. The highest BCUT2D eigenvalue weighted by Gasteiger charge is 2.19. The van der Waals surface area contributed by atoms with Crippen molar-refractivity contribution in [3.8, 4) is 11.3 Å². The van der Waals surface area contributed by atoms with E-state index < -0.39 is 52.6 Å². The molecule has 1 heterocycles. The van der Waals surface area contributed by atoms with Crippen molar-refractivity contribution < 1.29 is 37.0 Å². The summed E-state index contributed by atoms with van der Waals surface area (Å²) in [6.45, 7) is 3.48. The van der Waals surface area contributed by atoms with E-state index in [1.54, 1.807) is 13.8 Å². The summed E-state index contributed by atoms with van der Waals surface area (Å²) in [6, 6.07) is 5.08. The van der Waals surface area contributed by atoms with Gasteiger partial charge in [-0.25, -0.2) is 22.8 Å². The molecule has 0 aliphatic carbocycles. The topological polar surface area (TPSA) is 150 Å². The third-order valence-electron chi connectivity index (χ3n) is 4.27. The number of anilines is 1. The first-order valence-electron chi connectivity index (χ1n) is 11.1. The third-order valence-corrected chi connectivity index (χ3v) is 4.73. The standard InChI is InChI=1S/C21H26FN3O6S/c1-12(2)19-17(9-8-15(26)10-16(27)11-18(28)29)20(13-4-6-14(22)7-5-13)24-21(23-19)25-32(3,30)31/h4-9,12,15-16,26-27H,10-11H2,1-3H3,(H,28,29)(H,23,24,25)/b9-8+/t15-,16-/m1/s1/i3D3. The molecule has 11 heteroatoms. The van der Waals surface area contributed by atoms with Crippen LogP contribution < -0.4 is 4.72 Å². The number of rotatable bonds is 10. The molecule has 32 heavy (non-hydrogen) atoms. The molecule has 0 bridgehead atoms. The quantitative estimate of drug-likeness (QED) is 0.413. The van der Waals surface area contributed by atoms with Gasteiger partial charge in [0.25, 0.3) is 0 Å². The van der Waals surface area contributed by atoms with Crippen LogP contribution in [0.2, 0.25) is 0 Å². The smallest absolute Gasteiger partial charge is 0.305 e. The van der Waals surface area contributed by atoms with Gasteiger partial charge >= 0.3 is 5.97 Å². The lowest BCUT2D eigenvalue weighted by atomic mass is 9.97. The van der Waals surface area contributed by atoms with E-state index >= 15 is 0 Å². The van der Waals surface area contributed by atoms with Crippen molar-refractivity contribution in [1.82, 2.24) is 9.97 Å². The average Bonchev–Trinajstić information content (AvgIpc) is 2.71. The summed E-state index contributed by atoms with van der Waals surface area (Å²) < 4.78 is 61.3. The number of hydrogen-bond donors (Lipinski definition) is 4. The van der Waals surface area contributed by atoms with Crippen LogP contribution >= 0.6 is 0 Å². The van der Waals surface area contributed by atoms with E-state index in [2.05, 4.69) is 9.97 Å². The number of aliphatic hydroxyl groups is 2. The van der Waals surface area contributed by atoms with Crippen molar-refractivity contribution in [1.29, 1.82) is 0 Å². The molecule has 9 nitrogen and oxygen atoms in total. The van der Waals surface area contributed by atoms with Gasteiger partial charge in [0.15, 0.2) is 0 Å². The summed E-state index contributed by atoms with van der Waals surface area (Å²) in [4.78, 5) is 19.0. The number of halogens is 1. The van der Waals surface area contributed by atoms with Crippen LogP contribution in [0.1, 0.15) is 48.0 Å². The first-order chi connectivity index (χ1) is 16.1. The van der Waals surface area contributed by atoms with Crippen LogP contribution in [0.3, 0.4) is 0 Å². The zero-order valence-electron chi connectivity index (χ0n) is 20.4. The van der Waals surface area contributed by atoms with Gasteiger partial charge < -0.3 is 15.3 Å². The molecule has 0 amide bonds. The summed E-state index contributed by atoms with van der Waals surface area (Å²) in [6.07, 6.45) is -4.00. The average molecular weight is 471 g/mol. The van der Waals surface area contributed by atoms with E-state index in [0.717, 1.165) is 12.1 Å². The number of aromatic nitrogens is 2. The molecule has 0 radical (unpaired) electrons. The number of aliphatic carboxylic acids is 1. The summed E-state index contributed by atoms with van der Waals surface area (Å²) in [5.74, 6) is -2.59. The summed E-state index contributed by atoms with van der Waals surface area (Å²) in [7, 11) is -4.83. The molecule has 0 aliphatic heterocycles. The zero-order chi connectivity index (χ0) is 26.6. The second-order valence-electron chi connectivity index (χ2n) is 7.38. The maximum atomic E-state index is 13.5. The maximum absolute atomic E-state index is 13.5. The molecular weight excluding hydrogens is 441 g/mol. The predicted molar refractivity (Wildman–Crippen MR) is 118 cm³/mol. The van der Waals surface area contributed by atoms with Crippen molar-refractivity contribution in [3.05, 3.63) is 47.4 Å². The Labute approximate surface area is 189 Å². The molecule has 0 fully saturated rings. The van der Waals surface area contributed by atoms with Gasteiger partial charge in [-0.1, -0.05) is 26.0 Å². The molecule has 174 valence electrons. The van der Waals surface area contributed by atoms with Crippen LogP contribution in [0.5, 0.6) is 0 Å². The van der Waals surface area contributed by atoms with Gasteiger partial charge in [0, 0.05) is 21.7 Å². The highest BCUT2D eigenvalue weighted by atomic mass is 32.2. The van der Waals surface area contributed by atoms with E-state index in [-0.39, 0.29) is 23.7 Å². The minimum absolute atomic E-state index is 0.126. The minimum atomic E-state index is -4.83. The monoisotopic (exact) mass is 470 g/mol. The molecule has 0 saturated carbocycles.